The molecular formula is C11H15ClN2O3S. The molecule has 0 saturated carbocycles. The first kappa shape index (κ1) is 13.7. The number of halogens is 1. The predicted octanol–water partition coefficient (Wildman–Crippen LogP) is 1.53. The maximum absolute atomic E-state index is 12.2. The van der Waals surface area contributed by atoms with Crippen molar-refractivity contribution in [2.45, 2.75) is 23.8 Å². The molecule has 0 N–H and O–H groups in total. The summed E-state index contributed by atoms with van der Waals surface area (Å²) in [5, 5.41) is 0.274. The average molecular weight is 291 g/mol. The third kappa shape index (κ3) is 3.00. The Balaban J connectivity index is 2.11. The summed E-state index contributed by atoms with van der Waals surface area (Å²) in [6, 6.07) is 2.92. The number of nitrogens with zero attached hydrogens (tertiary/aromatic N) is 2. The van der Waals surface area contributed by atoms with Gasteiger partial charge in [0.15, 0.2) is 0 Å². The van der Waals surface area contributed by atoms with E-state index in [4.69, 9.17) is 16.3 Å². The molecule has 18 heavy (non-hydrogen) atoms. The zero-order valence-corrected chi connectivity index (χ0v) is 11.6. The fraction of sp³-hybridized carbons (Fsp3) is 0.545. The van der Waals surface area contributed by atoms with Gasteiger partial charge in [-0.1, -0.05) is 11.6 Å². The zero-order chi connectivity index (χ0) is 13.2. The van der Waals surface area contributed by atoms with Crippen LogP contribution in [0.4, 0.5) is 0 Å². The molecule has 1 aliphatic rings. The summed E-state index contributed by atoms with van der Waals surface area (Å²) in [5.41, 5.74) is 0. The number of hydrogen-bond acceptors (Lipinski definition) is 4. The van der Waals surface area contributed by atoms with Gasteiger partial charge in [-0.3, -0.25) is 0 Å². The highest BCUT2D eigenvalue weighted by molar-refractivity contribution is 7.89. The molecule has 100 valence electrons. The van der Waals surface area contributed by atoms with E-state index < -0.39 is 10.0 Å². The number of aromatic nitrogens is 1. The third-order valence-electron chi connectivity index (χ3n) is 2.89. The second-order valence-corrected chi connectivity index (χ2v) is 6.67. The van der Waals surface area contributed by atoms with Gasteiger partial charge in [-0.05, 0) is 25.0 Å². The van der Waals surface area contributed by atoms with Crippen LogP contribution in [-0.4, -0.2) is 44.0 Å². The summed E-state index contributed by atoms with van der Waals surface area (Å²) in [5.74, 6) is 0. The molecule has 1 aromatic rings. The summed E-state index contributed by atoms with van der Waals surface area (Å²) in [6.45, 7) is 1.08. The molecule has 1 fully saturated rings. The van der Waals surface area contributed by atoms with Crippen LogP contribution in [0.1, 0.15) is 12.8 Å². The Labute approximate surface area is 112 Å². The Hall–Kier alpha value is -0.690. The second kappa shape index (κ2) is 5.52. The van der Waals surface area contributed by atoms with Crippen molar-refractivity contribution in [1.29, 1.82) is 0 Å². The average Bonchev–Trinajstić information content (AvgIpc) is 2.82. The standard InChI is InChI=1S/C11H15ClN2O3S/c1-14(8-9-3-2-6-17-9)18(15,16)10-4-5-11(12)13-7-10/h4-5,7,9H,2-3,6,8H2,1H3. The van der Waals surface area contributed by atoms with Gasteiger partial charge in [-0.25, -0.2) is 13.4 Å². The molecule has 1 aromatic heterocycles. The van der Waals surface area contributed by atoms with E-state index in [0.29, 0.717) is 13.2 Å². The van der Waals surface area contributed by atoms with E-state index in [1.807, 2.05) is 0 Å². The fourth-order valence-electron chi connectivity index (χ4n) is 1.87. The highest BCUT2D eigenvalue weighted by atomic mass is 35.5. The van der Waals surface area contributed by atoms with E-state index in [-0.39, 0.29) is 16.2 Å². The number of rotatable bonds is 4. The molecule has 2 heterocycles. The molecule has 1 saturated heterocycles. The predicted molar refractivity (Wildman–Crippen MR) is 68.0 cm³/mol. The molecule has 1 aliphatic heterocycles. The number of sulfonamides is 1. The Bertz CT molecular complexity index is 498. The van der Waals surface area contributed by atoms with Crippen LogP contribution in [-0.2, 0) is 14.8 Å². The number of ether oxygens (including phenoxy) is 1. The maximum Gasteiger partial charge on any atom is 0.244 e. The first-order chi connectivity index (χ1) is 8.50. The van der Waals surface area contributed by atoms with Gasteiger partial charge in [0, 0.05) is 26.4 Å². The minimum absolute atomic E-state index is 0.00923. The van der Waals surface area contributed by atoms with E-state index in [0.717, 1.165) is 12.8 Å². The minimum atomic E-state index is -3.51. The smallest absolute Gasteiger partial charge is 0.244 e. The lowest BCUT2D eigenvalue weighted by Gasteiger charge is -2.20. The Morgan fingerprint density at radius 3 is 2.89 bits per heavy atom. The van der Waals surface area contributed by atoms with Crippen LogP contribution in [0.3, 0.4) is 0 Å². The van der Waals surface area contributed by atoms with E-state index in [9.17, 15) is 8.42 Å². The second-order valence-electron chi connectivity index (χ2n) is 4.24. The lowest BCUT2D eigenvalue weighted by Crippen LogP contribution is -2.34. The maximum atomic E-state index is 12.2. The highest BCUT2D eigenvalue weighted by Crippen LogP contribution is 2.18. The molecule has 0 bridgehead atoms. The molecule has 0 aromatic carbocycles. The van der Waals surface area contributed by atoms with Crippen LogP contribution in [0.2, 0.25) is 5.15 Å². The largest absolute Gasteiger partial charge is 0.377 e. The topological polar surface area (TPSA) is 59.5 Å². The van der Waals surface area contributed by atoms with Crippen molar-refractivity contribution >= 4 is 21.6 Å². The van der Waals surface area contributed by atoms with Crippen molar-refractivity contribution in [2.24, 2.45) is 0 Å². The van der Waals surface area contributed by atoms with Crippen molar-refractivity contribution in [1.82, 2.24) is 9.29 Å². The molecule has 7 heteroatoms. The van der Waals surface area contributed by atoms with Crippen molar-refractivity contribution < 1.29 is 13.2 Å². The Morgan fingerprint density at radius 1 is 1.56 bits per heavy atom. The van der Waals surface area contributed by atoms with Gasteiger partial charge in [0.05, 0.1) is 6.10 Å². The van der Waals surface area contributed by atoms with Gasteiger partial charge in [0.2, 0.25) is 10.0 Å². The first-order valence-electron chi connectivity index (χ1n) is 5.69. The summed E-state index contributed by atoms with van der Waals surface area (Å²) >= 11 is 5.64. The molecular weight excluding hydrogens is 276 g/mol. The monoisotopic (exact) mass is 290 g/mol. The van der Waals surface area contributed by atoms with Crippen LogP contribution in [0.25, 0.3) is 0 Å². The van der Waals surface area contributed by atoms with Gasteiger partial charge in [0.25, 0.3) is 0 Å². The SMILES string of the molecule is CN(CC1CCCO1)S(=O)(=O)c1ccc(Cl)nc1. The number of hydrogen-bond donors (Lipinski definition) is 0. The summed E-state index contributed by atoms with van der Waals surface area (Å²) in [4.78, 5) is 3.93. The van der Waals surface area contributed by atoms with Gasteiger partial charge < -0.3 is 4.74 Å². The summed E-state index contributed by atoms with van der Waals surface area (Å²) < 4.78 is 31.2. The summed E-state index contributed by atoms with van der Waals surface area (Å²) in [7, 11) is -1.96. The van der Waals surface area contributed by atoms with Gasteiger partial charge >= 0.3 is 0 Å². The third-order valence-corrected chi connectivity index (χ3v) is 4.92. The molecule has 0 radical (unpaired) electrons. The molecule has 1 unspecified atom stereocenters. The quantitative estimate of drug-likeness (QED) is 0.789. The normalized spacial score (nSPS) is 20.5. The van der Waals surface area contributed by atoms with Crippen LogP contribution >= 0.6 is 11.6 Å². The van der Waals surface area contributed by atoms with Crippen LogP contribution in [0.15, 0.2) is 23.2 Å². The van der Waals surface area contributed by atoms with E-state index in [1.54, 1.807) is 7.05 Å². The lowest BCUT2D eigenvalue weighted by molar-refractivity contribution is 0.0979. The summed E-state index contributed by atoms with van der Waals surface area (Å²) in [6.07, 6.45) is 3.15. The van der Waals surface area contributed by atoms with Gasteiger partial charge in [0.1, 0.15) is 10.0 Å². The highest BCUT2D eigenvalue weighted by Gasteiger charge is 2.26. The van der Waals surface area contributed by atoms with Crippen molar-refractivity contribution in [2.75, 3.05) is 20.2 Å². The molecule has 2 rings (SSSR count). The van der Waals surface area contributed by atoms with Crippen LogP contribution in [0.5, 0.6) is 0 Å². The van der Waals surface area contributed by atoms with E-state index in [1.165, 1.54) is 22.6 Å². The molecule has 5 nitrogen and oxygen atoms in total. The fourth-order valence-corrected chi connectivity index (χ4v) is 3.13. The first-order valence-corrected chi connectivity index (χ1v) is 7.51. The van der Waals surface area contributed by atoms with Gasteiger partial charge in [-0.15, -0.1) is 0 Å². The van der Waals surface area contributed by atoms with E-state index >= 15 is 0 Å². The van der Waals surface area contributed by atoms with Gasteiger partial charge in [-0.2, -0.15) is 4.31 Å². The molecule has 1 atom stereocenters. The molecule has 0 spiro atoms. The van der Waals surface area contributed by atoms with Crippen LogP contribution in [0, 0.1) is 0 Å². The zero-order valence-electron chi connectivity index (χ0n) is 10.0. The molecule has 0 amide bonds. The number of likely N-dealkylation sites (N-methyl/N-ethyl adjacent to an activating group) is 1. The van der Waals surface area contributed by atoms with Crippen LogP contribution < -0.4 is 0 Å². The van der Waals surface area contributed by atoms with E-state index in [2.05, 4.69) is 4.98 Å². The number of pyridine rings is 1. The minimum Gasteiger partial charge on any atom is -0.377 e. The lowest BCUT2D eigenvalue weighted by atomic mass is 10.2. The van der Waals surface area contributed by atoms with Crippen molar-refractivity contribution in [3.05, 3.63) is 23.5 Å². The molecule has 0 aliphatic carbocycles. The Kier molecular flexibility index (Phi) is 4.21. The van der Waals surface area contributed by atoms with Crippen molar-refractivity contribution in [3.8, 4) is 0 Å². The Morgan fingerprint density at radius 2 is 2.33 bits per heavy atom. The van der Waals surface area contributed by atoms with Crippen molar-refractivity contribution in [3.63, 3.8) is 0 Å².